The van der Waals surface area contributed by atoms with E-state index in [9.17, 15) is 0 Å². The van der Waals surface area contributed by atoms with E-state index in [-0.39, 0.29) is 6.04 Å². The Labute approximate surface area is 91.9 Å². The van der Waals surface area contributed by atoms with Crippen LogP contribution in [0, 0.1) is 12.8 Å². The van der Waals surface area contributed by atoms with Crippen molar-refractivity contribution in [3.8, 4) is 0 Å². The highest BCUT2D eigenvalue weighted by molar-refractivity contribution is 5.43. The number of nitrogens with two attached hydrogens (primary N) is 2. The van der Waals surface area contributed by atoms with Crippen molar-refractivity contribution in [2.45, 2.75) is 39.7 Å². The number of hydrogen-bond donors (Lipinski definition) is 2. The minimum atomic E-state index is 0.240. The third-order valence-electron chi connectivity index (χ3n) is 2.91. The molecule has 0 fully saturated rings. The van der Waals surface area contributed by atoms with Gasteiger partial charge in [0.15, 0.2) is 0 Å². The van der Waals surface area contributed by atoms with Crippen molar-refractivity contribution in [2.24, 2.45) is 11.7 Å². The smallest absolute Gasteiger partial charge is 0.126 e. The maximum Gasteiger partial charge on any atom is 0.126 e. The number of nitrogen functional groups attached to an aromatic ring is 1. The van der Waals surface area contributed by atoms with Crippen molar-refractivity contribution in [3.63, 3.8) is 0 Å². The van der Waals surface area contributed by atoms with E-state index in [4.69, 9.17) is 11.5 Å². The molecule has 0 aliphatic rings. The van der Waals surface area contributed by atoms with Gasteiger partial charge in [-0.2, -0.15) is 0 Å². The Balaban J connectivity index is 2.65. The maximum absolute atomic E-state index is 6.00. The lowest BCUT2D eigenvalue weighted by molar-refractivity contribution is 0.464. The van der Waals surface area contributed by atoms with Gasteiger partial charge in [-0.3, -0.25) is 0 Å². The standard InChI is InChI=1S/C12H21N3/c1-8(2)11(13)5-4-10-9(3)6-7-15-12(10)14/h6-8,11H,4-5,13H2,1-3H3,(H2,14,15). The fourth-order valence-electron chi connectivity index (χ4n) is 1.58. The van der Waals surface area contributed by atoms with Crippen LogP contribution >= 0.6 is 0 Å². The van der Waals surface area contributed by atoms with Gasteiger partial charge in [0.2, 0.25) is 0 Å². The van der Waals surface area contributed by atoms with Gasteiger partial charge in [0.25, 0.3) is 0 Å². The SMILES string of the molecule is Cc1ccnc(N)c1CCC(N)C(C)C. The van der Waals surface area contributed by atoms with Crippen LogP contribution in [0.15, 0.2) is 12.3 Å². The number of aromatic nitrogens is 1. The lowest BCUT2D eigenvalue weighted by atomic mass is 9.96. The molecule has 1 rings (SSSR count). The summed E-state index contributed by atoms with van der Waals surface area (Å²) in [5.41, 5.74) is 14.2. The zero-order valence-electron chi connectivity index (χ0n) is 9.83. The third kappa shape index (κ3) is 3.20. The minimum Gasteiger partial charge on any atom is -0.383 e. The van der Waals surface area contributed by atoms with Crippen molar-refractivity contribution in [1.29, 1.82) is 0 Å². The summed E-state index contributed by atoms with van der Waals surface area (Å²) in [6, 6.07) is 2.23. The summed E-state index contributed by atoms with van der Waals surface area (Å²) < 4.78 is 0. The molecule has 1 unspecified atom stereocenters. The van der Waals surface area contributed by atoms with Gasteiger partial charge in [0.05, 0.1) is 0 Å². The lowest BCUT2D eigenvalue weighted by Crippen LogP contribution is -2.27. The first kappa shape index (κ1) is 12.0. The van der Waals surface area contributed by atoms with Gasteiger partial charge >= 0.3 is 0 Å². The Morgan fingerprint density at radius 1 is 1.40 bits per heavy atom. The molecule has 3 nitrogen and oxygen atoms in total. The van der Waals surface area contributed by atoms with Crippen LogP contribution in [0.2, 0.25) is 0 Å². The Morgan fingerprint density at radius 2 is 2.07 bits per heavy atom. The van der Waals surface area contributed by atoms with Crippen molar-refractivity contribution in [1.82, 2.24) is 4.98 Å². The molecule has 4 N–H and O–H groups in total. The Hall–Kier alpha value is -1.09. The van der Waals surface area contributed by atoms with Crippen LogP contribution in [0.1, 0.15) is 31.4 Å². The summed E-state index contributed by atoms with van der Waals surface area (Å²) in [5.74, 6) is 1.16. The van der Waals surface area contributed by atoms with E-state index in [1.165, 1.54) is 5.56 Å². The highest BCUT2D eigenvalue weighted by atomic mass is 14.8. The molecule has 0 aliphatic carbocycles. The first-order chi connectivity index (χ1) is 7.02. The van der Waals surface area contributed by atoms with E-state index in [0.717, 1.165) is 18.4 Å². The molecule has 0 radical (unpaired) electrons. The van der Waals surface area contributed by atoms with Crippen molar-refractivity contribution in [2.75, 3.05) is 5.73 Å². The van der Waals surface area contributed by atoms with Gasteiger partial charge in [0, 0.05) is 12.2 Å². The third-order valence-corrected chi connectivity index (χ3v) is 2.91. The summed E-state index contributed by atoms with van der Waals surface area (Å²) in [5, 5.41) is 0. The highest BCUT2D eigenvalue weighted by Gasteiger charge is 2.10. The Morgan fingerprint density at radius 3 is 2.60 bits per heavy atom. The summed E-state index contributed by atoms with van der Waals surface area (Å²) >= 11 is 0. The molecule has 0 aliphatic heterocycles. The van der Waals surface area contributed by atoms with Crippen molar-refractivity contribution < 1.29 is 0 Å². The molecule has 0 aromatic carbocycles. The number of aryl methyl sites for hydroxylation is 1. The lowest BCUT2D eigenvalue weighted by Gasteiger charge is -2.16. The van der Waals surface area contributed by atoms with Crippen molar-refractivity contribution >= 4 is 5.82 Å². The maximum atomic E-state index is 6.00. The van der Waals surface area contributed by atoms with Gasteiger partial charge in [0.1, 0.15) is 5.82 Å². The molecule has 1 heterocycles. The van der Waals surface area contributed by atoms with Crippen LogP contribution < -0.4 is 11.5 Å². The van der Waals surface area contributed by atoms with Crippen LogP contribution in [-0.2, 0) is 6.42 Å². The number of rotatable bonds is 4. The van der Waals surface area contributed by atoms with Crippen LogP contribution in [-0.4, -0.2) is 11.0 Å². The molecule has 3 heteroatoms. The zero-order chi connectivity index (χ0) is 11.4. The highest BCUT2D eigenvalue weighted by Crippen LogP contribution is 2.17. The minimum absolute atomic E-state index is 0.240. The average Bonchev–Trinajstić information content (AvgIpc) is 2.16. The summed E-state index contributed by atoms with van der Waals surface area (Å²) in [6.07, 6.45) is 3.63. The molecule has 84 valence electrons. The molecule has 1 aromatic rings. The number of hydrogen-bond acceptors (Lipinski definition) is 3. The van der Waals surface area contributed by atoms with E-state index in [0.29, 0.717) is 11.7 Å². The molecular formula is C12H21N3. The van der Waals surface area contributed by atoms with E-state index < -0.39 is 0 Å². The summed E-state index contributed by atoms with van der Waals surface area (Å²) in [6.45, 7) is 6.35. The largest absolute Gasteiger partial charge is 0.383 e. The van der Waals surface area contributed by atoms with Gasteiger partial charge in [-0.1, -0.05) is 13.8 Å². The predicted octanol–water partition coefficient (Wildman–Crippen LogP) is 1.89. The van der Waals surface area contributed by atoms with Gasteiger partial charge < -0.3 is 11.5 Å². The van der Waals surface area contributed by atoms with E-state index in [1.54, 1.807) is 6.20 Å². The molecule has 0 bridgehead atoms. The molecule has 0 amide bonds. The van der Waals surface area contributed by atoms with Gasteiger partial charge in [-0.25, -0.2) is 4.98 Å². The predicted molar refractivity (Wildman–Crippen MR) is 64.5 cm³/mol. The second-order valence-electron chi connectivity index (χ2n) is 4.44. The van der Waals surface area contributed by atoms with Crippen LogP contribution in [0.3, 0.4) is 0 Å². The fraction of sp³-hybridized carbons (Fsp3) is 0.583. The average molecular weight is 207 g/mol. The number of pyridine rings is 1. The molecule has 1 aromatic heterocycles. The molecule has 15 heavy (non-hydrogen) atoms. The molecule has 0 spiro atoms. The zero-order valence-corrected chi connectivity index (χ0v) is 9.83. The molecule has 1 atom stereocenters. The molecule has 0 saturated carbocycles. The quantitative estimate of drug-likeness (QED) is 0.792. The van der Waals surface area contributed by atoms with Gasteiger partial charge in [-0.05, 0) is 42.9 Å². The van der Waals surface area contributed by atoms with Crippen LogP contribution in [0.5, 0.6) is 0 Å². The van der Waals surface area contributed by atoms with Crippen molar-refractivity contribution in [3.05, 3.63) is 23.4 Å². The summed E-state index contributed by atoms with van der Waals surface area (Å²) in [7, 11) is 0. The molecule has 0 saturated heterocycles. The Bertz CT molecular complexity index is 300. The number of anilines is 1. The second-order valence-corrected chi connectivity index (χ2v) is 4.44. The van der Waals surface area contributed by atoms with Gasteiger partial charge in [-0.15, -0.1) is 0 Å². The summed E-state index contributed by atoms with van der Waals surface area (Å²) in [4.78, 5) is 4.10. The monoisotopic (exact) mass is 207 g/mol. The van der Waals surface area contributed by atoms with Crippen LogP contribution in [0.4, 0.5) is 5.82 Å². The topological polar surface area (TPSA) is 64.9 Å². The number of nitrogens with zero attached hydrogens (tertiary/aromatic N) is 1. The van der Waals surface area contributed by atoms with E-state index in [2.05, 4.69) is 25.8 Å². The normalized spacial score (nSPS) is 13.1. The van der Waals surface area contributed by atoms with E-state index in [1.807, 2.05) is 6.07 Å². The van der Waals surface area contributed by atoms with E-state index >= 15 is 0 Å². The first-order valence-corrected chi connectivity index (χ1v) is 5.48. The molecular weight excluding hydrogens is 186 g/mol. The Kier molecular flexibility index (Phi) is 4.09. The van der Waals surface area contributed by atoms with Crippen LogP contribution in [0.25, 0.3) is 0 Å². The second kappa shape index (κ2) is 5.12. The first-order valence-electron chi connectivity index (χ1n) is 5.48. The fourth-order valence-corrected chi connectivity index (χ4v) is 1.58.